The van der Waals surface area contributed by atoms with Crippen LogP contribution in [0.1, 0.15) is 27.0 Å². The van der Waals surface area contributed by atoms with Crippen LogP contribution in [-0.4, -0.2) is 28.1 Å². The lowest BCUT2D eigenvalue weighted by Crippen LogP contribution is -2.22. The number of pyridine rings is 2. The molecule has 134 valence electrons. The first kappa shape index (κ1) is 17.8. The number of carbonyl (C=O) groups is 1. The zero-order chi connectivity index (χ0) is 18.8. The van der Waals surface area contributed by atoms with Crippen molar-refractivity contribution >= 4 is 17.3 Å². The van der Waals surface area contributed by atoms with E-state index in [1.165, 1.54) is 23.8 Å². The maximum Gasteiger partial charge on any atom is 0.265 e. The number of rotatable bonds is 5. The minimum Gasteiger partial charge on any atom is -0.493 e. The summed E-state index contributed by atoms with van der Waals surface area (Å²) >= 11 is 0. The second-order valence-electron chi connectivity index (χ2n) is 5.89. The van der Waals surface area contributed by atoms with Crippen LogP contribution in [0.15, 0.2) is 35.3 Å². The molecule has 0 amide bonds. The molecule has 0 bridgehead atoms. The number of nitrogens with zero attached hydrogens (tertiary/aromatic N) is 2. The van der Waals surface area contributed by atoms with Crippen LogP contribution in [0.3, 0.4) is 0 Å². The second-order valence-corrected chi connectivity index (χ2v) is 5.89. The number of methoxy groups -OCH3 is 1. The number of aryl methyl sites for hydroxylation is 1. The van der Waals surface area contributed by atoms with Gasteiger partial charge in [0, 0.05) is 13.2 Å². The van der Waals surface area contributed by atoms with Crippen LogP contribution in [0.25, 0.3) is 11.0 Å². The highest BCUT2D eigenvalue weighted by molar-refractivity contribution is 5.91. The van der Waals surface area contributed by atoms with Crippen LogP contribution < -0.4 is 10.3 Å². The van der Waals surface area contributed by atoms with E-state index in [2.05, 4.69) is 4.98 Å². The summed E-state index contributed by atoms with van der Waals surface area (Å²) in [6.45, 7) is -0.275. The van der Waals surface area contributed by atoms with Gasteiger partial charge in [-0.3, -0.25) is 14.6 Å². The Labute approximate surface area is 148 Å². The molecule has 7 heteroatoms. The molecule has 0 fully saturated rings. The summed E-state index contributed by atoms with van der Waals surface area (Å²) in [4.78, 5) is 27.9. The molecule has 0 aliphatic rings. The predicted molar refractivity (Wildman–Crippen MR) is 94.1 cm³/mol. The fourth-order valence-corrected chi connectivity index (χ4v) is 2.98. The molecule has 0 aliphatic heterocycles. The number of halogens is 1. The van der Waals surface area contributed by atoms with Gasteiger partial charge in [-0.15, -0.1) is 0 Å². The van der Waals surface area contributed by atoms with E-state index in [0.29, 0.717) is 29.3 Å². The molecule has 2 aromatic heterocycles. The van der Waals surface area contributed by atoms with E-state index in [9.17, 15) is 19.1 Å². The maximum atomic E-state index is 13.3. The molecule has 0 saturated carbocycles. The molecule has 0 saturated heterocycles. The number of aliphatic hydroxyl groups is 1. The van der Waals surface area contributed by atoms with Crippen LogP contribution in [0, 0.1) is 5.82 Å². The van der Waals surface area contributed by atoms with Gasteiger partial charge in [0.15, 0.2) is 12.0 Å². The largest absolute Gasteiger partial charge is 0.493 e. The van der Waals surface area contributed by atoms with Crippen LogP contribution in [0.5, 0.6) is 5.75 Å². The number of ether oxygens (including phenoxy) is 1. The molecule has 0 unspecified atom stereocenters. The third-order valence-electron chi connectivity index (χ3n) is 4.34. The Kier molecular flexibility index (Phi) is 4.81. The second kappa shape index (κ2) is 7.05. The first-order valence-electron chi connectivity index (χ1n) is 7.89. The summed E-state index contributed by atoms with van der Waals surface area (Å²) in [5, 5.41) is 9.42. The molecule has 0 aliphatic carbocycles. The predicted octanol–water partition coefficient (Wildman–Crippen LogP) is 1.98. The summed E-state index contributed by atoms with van der Waals surface area (Å²) < 4.78 is 19.9. The van der Waals surface area contributed by atoms with Crippen molar-refractivity contribution < 1.29 is 19.0 Å². The zero-order valence-electron chi connectivity index (χ0n) is 14.3. The standard InChI is InChI=1S/C19H17FN2O4/c1-22-16-6-11(5-12-3-4-14(20)7-13(12)9-23)8-21-17(16)18(26-2)15(10-24)19(22)25/h3-4,6-8,10,23H,5,9H2,1-2H3. The Morgan fingerprint density at radius 1 is 1.31 bits per heavy atom. The zero-order valence-corrected chi connectivity index (χ0v) is 14.3. The molecular formula is C19H17FN2O4. The van der Waals surface area contributed by atoms with Gasteiger partial charge in [0.2, 0.25) is 0 Å². The van der Waals surface area contributed by atoms with E-state index in [4.69, 9.17) is 4.74 Å². The van der Waals surface area contributed by atoms with Gasteiger partial charge in [0.05, 0.1) is 19.2 Å². The summed E-state index contributed by atoms with van der Waals surface area (Å²) in [7, 11) is 2.93. The lowest BCUT2D eigenvalue weighted by molar-refractivity contribution is 0.111. The molecule has 6 nitrogen and oxygen atoms in total. The van der Waals surface area contributed by atoms with Crippen molar-refractivity contribution in [2.45, 2.75) is 13.0 Å². The number of aliphatic hydroxyl groups excluding tert-OH is 1. The Balaban J connectivity index is 2.15. The quantitative estimate of drug-likeness (QED) is 0.707. The minimum absolute atomic E-state index is 0.0798. The van der Waals surface area contributed by atoms with Gasteiger partial charge in [-0.2, -0.15) is 0 Å². The highest BCUT2D eigenvalue weighted by Crippen LogP contribution is 2.26. The Morgan fingerprint density at radius 3 is 2.73 bits per heavy atom. The van der Waals surface area contributed by atoms with Crippen LogP contribution in [0.4, 0.5) is 4.39 Å². The van der Waals surface area contributed by atoms with E-state index in [1.807, 2.05) is 0 Å². The summed E-state index contributed by atoms with van der Waals surface area (Å²) in [6.07, 6.45) is 2.47. The third kappa shape index (κ3) is 2.97. The summed E-state index contributed by atoms with van der Waals surface area (Å²) in [5.41, 5.74) is 2.40. The number of aldehydes is 1. The first-order valence-corrected chi connectivity index (χ1v) is 7.89. The number of benzene rings is 1. The topological polar surface area (TPSA) is 81.4 Å². The molecule has 3 aromatic rings. The molecule has 0 radical (unpaired) electrons. The Morgan fingerprint density at radius 2 is 2.08 bits per heavy atom. The summed E-state index contributed by atoms with van der Waals surface area (Å²) in [5.74, 6) is -0.273. The van der Waals surface area contributed by atoms with Crippen molar-refractivity contribution in [1.82, 2.24) is 9.55 Å². The molecule has 1 aromatic carbocycles. The van der Waals surface area contributed by atoms with Gasteiger partial charge < -0.3 is 14.4 Å². The number of fused-ring (bicyclic) bond motifs is 1. The van der Waals surface area contributed by atoms with Crippen molar-refractivity contribution in [3.63, 3.8) is 0 Å². The SMILES string of the molecule is COc1c(C=O)c(=O)n(C)c2cc(Cc3ccc(F)cc3CO)cnc12. The fraction of sp³-hybridized carbons (Fsp3) is 0.211. The van der Waals surface area contributed by atoms with E-state index in [0.717, 1.165) is 11.1 Å². The van der Waals surface area contributed by atoms with Crippen LogP contribution in [0.2, 0.25) is 0 Å². The van der Waals surface area contributed by atoms with Gasteiger partial charge in [-0.05, 0) is 41.3 Å². The van der Waals surface area contributed by atoms with Crippen molar-refractivity contribution in [3.05, 3.63) is 68.9 Å². The van der Waals surface area contributed by atoms with Crippen molar-refractivity contribution in [1.29, 1.82) is 0 Å². The first-order chi connectivity index (χ1) is 12.5. The minimum atomic E-state index is -0.471. The van der Waals surface area contributed by atoms with Crippen molar-refractivity contribution in [2.24, 2.45) is 7.05 Å². The molecule has 2 heterocycles. The molecule has 3 rings (SSSR count). The highest BCUT2D eigenvalue weighted by atomic mass is 19.1. The van der Waals surface area contributed by atoms with Gasteiger partial charge in [-0.1, -0.05) is 6.07 Å². The van der Waals surface area contributed by atoms with E-state index < -0.39 is 11.4 Å². The van der Waals surface area contributed by atoms with Crippen molar-refractivity contribution in [3.8, 4) is 5.75 Å². The fourth-order valence-electron chi connectivity index (χ4n) is 2.98. The van der Waals surface area contributed by atoms with Crippen molar-refractivity contribution in [2.75, 3.05) is 7.11 Å². The number of hydrogen-bond donors (Lipinski definition) is 1. The Hall–Kier alpha value is -3.06. The summed E-state index contributed by atoms with van der Waals surface area (Å²) in [6, 6.07) is 6.00. The van der Waals surface area contributed by atoms with E-state index in [-0.39, 0.29) is 17.9 Å². The normalized spacial score (nSPS) is 10.9. The number of carbonyl (C=O) groups excluding carboxylic acids is 1. The number of aromatic nitrogens is 2. The van der Waals surface area contributed by atoms with Crippen LogP contribution in [-0.2, 0) is 20.1 Å². The average molecular weight is 356 g/mol. The molecule has 26 heavy (non-hydrogen) atoms. The van der Waals surface area contributed by atoms with Crippen LogP contribution >= 0.6 is 0 Å². The molecule has 0 atom stereocenters. The van der Waals surface area contributed by atoms with E-state index in [1.54, 1.807) is 25.4 Å². The number of hydrogen-bond acceptors (Lipinski definition) is 5. The van der Waals surface area contributed by atoms with Gasteiger partial charge >= 0.3 is 0 Å². The van der Waals surface area contributed by atoms with E-state index >= 15 is 0 Å². The highest BCUT2D eigenvalue weighted by Gasteiger charge is 2.17. The Bertz CT molecular complexity index is 1060. The lowest BCUT2D eigenvalue weighted by atomic mass is 10.0. The lowest BCUT2D eigenvalue weighted by Gasteiger charge is -2.13. The molecule has 1 N–H and O–H groups in total. The van der Waals surface area contributed by atoms with Gasteiger partial charge in [0.1, 0.15) is 16.9 Å². The maximum absolute atomic E-state index is 13.3. The third-order valence-corrected chi connectivity index (χ3v) is 4.34. The monoisotopic (exact) mass is 356 g/mol. The average Bonchev–Trinajstić information content (AvgIpc) is 2.65. The molecule has 0 spiro atoms. The molecular weight excluding hydrogens is 339 g/mol. The smallest absolute Gasteiger partial charge is 0.265 e. The van der Waals surface area contributed by atoms with Gasteiger partial charge in [0.25, 0.3) is 5.56 Å². The van der Waals surface area contributed by atoms with Gasteiger partial charge in [-0.25, -0.2) is 4.39 Å².